The first-order valence-electron chi connectivity index (χ1n) is 10.5. The third-order valence-electron chi connectivity index (χ3n) is 5.51. The highest BCUT2D eigenvalue weighted by Gasteiger charge is 2.15. The Labute approximate surface area is 198 Å². The second-order valence-corrected chi connectivity index (χ2v) is 7.55. The van der Waals surface area contributed by atoms with Crippen molar-refractivity contribution in [3.05, 3.63) is 81.5 Å². The summed E-state index contributed by atoms with van der Waals surface area (Å²) in [6.07, 6.45) is 0. The minimum Gasteiger partial charge on any atom is -0.497 e. The summed E-state index contributed by atoms with van der Waals surface area (Å²) >= 11 is 0. The Morgan fingerprint density at radius 1 is 0.800 bits per heavy atom. The molecule has 0 fully saturated rings. The van der Waals surface area contributed by atoms with Crippen LogP contribution in [0.2, 0.25) is 0 Å². The standard InChI is InChI=1S/C25H20N4O6/c1-32-17-7-5-16(6-8-17)29-24(30)20-9-4-14(12-21(20)26-25(29)31)23-27-22(28-35-23)15-10-18(33-2)13-19(11-15)34-3/h4-13H,1-3H3,(H,26,31). The van der Waals surface area contributed by atoms with E-state index in [4.69, 9.17) is 18.7 Å². The van der Waals surface area contributed by atoms with Gasteiger partial charge in [0.1, 0.15) is 17.2 Å². The van der Waals surface area contributed by atoms with Crippen LogP contribution < -0.4 is 25.5 Å². The van der Waals surface area contributed by atoms with E-state index in [0.717, 1.165) is 4.57 Å². The van der Waals surface area contributed by atoms with E-state index in [1.807, 2.05) is 0 Å². The second kappa shape index (κ2) is 8.82. The minimum atomic E-state index is -0.570. The van der Waals surface area contributed by atoms with Gasteiger partial charge < -0.3 is 23.7 Å². The van der Waals surface area contributed by atoms with Crippen LogP contribution in [0.5, 0.6) is 17.2 Å². The molecule has 176 valence electrons. The molecule has 0 amide bonds. The Hall–Kier alpha value is -4.86. The number of aromatic nitrogens is 4. The average Bonchev–Trinajstić information content (AvgIpc) is 3.39. The van der Waals surface area contributed by atoms with Crippen molar-refractivity contribution in [3.63, 3.8) is 0 Å². The average molecular weight is 472 g/mol. The van der Waals surface area contributed by atoms with E-state index in [-0.39, 0.29) is 5.89 Å². The summed E-state index contributed by atoms with van der Waals surface area (Å²) in [7, 11) is 4.65. The molecule has 0 bridgehead atoms. The largest absolute Gasteiger partial charge is 0.497 e. The highest BCUT2D eigenvalue weighted by Crippen LogP contribution is 2.30. The molecule has 0 spiro atoms. The molecular weight excluding hydrogens is 452 g/mol. The fraction of sp³-hybridized carbons (Fsp3) is 0.120. The number of rotatable bonds is 6. The van der Waals surface area contributed by atoms with Gasteiger partial charge in [-0.3, -0.25) is 4.79 Å². The van der Waals surface area contributed by atoms with E-state index in [2.05, 4.69) is 15.1 Å². The first-order chi connectivity index (χ1) is 17.0. The lowest BCUT2D eigenvalue weighted by Crippen LogP contribution is -2.33. The van der Waals surface area contributed by atoms with Crippen molar-refractivity contribution in [2.75, 3.05) is 21.3 Å². The van der Waals surface area contributed by atoms with E-state index in [0.29, 0.717) is 50.8 Å². The molecule has 10 heteroatoms. The number of methoxy groups -OCH3 is 3. The van der Waals surface area contributed by atoms with Crippen LogP contribution in [-0.2, 0) is 0 Å². The summed E-state index contributed by atoms with van der Waals surface area (Å²) in [6, 6.07) is 16.8. The summed E-state index contributed by atoms with van der Waals surface area (Å²) in [5.41, 5.74) is 0.953. The van der Waals surface area contributed by atoms with Crippen molar-refractivity contribution >= 4 is 10.9 Å². The number of hydrogen-bond acceptors (Lipinski definition) is 8. The van der Waals surface area contributed by atoms with E-state index in [9.17, 15) is 9.59 Å². The Balaban J connectivity index is 1.54. The predicted molar refractivity (Wildman–Crippen MR) is 129 cm³/mol. The number of fused-ring (bicyclic) bond motifs is 1. The van der Waals surface area contributed by atoms with Crippen molar-refractivity contribution in [1.82, 2.24) is 19.7 Å². The predicted octanol–water partition coefficient (Wildman–Crippen LogP) is 3.42. The van der Waals surface area contributed by atoms with E-state index >= 15 is 0 Å². The van der Waals surface area contributed by atoms with Crippen LogP contribution >= 0.6 is 0 Å². The molecule has 10 nitrogen and oxygen atoms in total. The zero-order valence-electron chi connectivity index (χ0n) is 19.1. The van der Waals surface area contributed by atoms with Crippen LogP contribution in [-0.4, -0.2) is 41.0 Å². The number of nitrogens with one attached hydrogen (secondary N) is 1. The maximum atomic E-state index is 13.1. The first-order valence-corrected chi connectivity index (χ1v) is 10.5. The summed E-state index contributed by atoms with van der Waals surface area (Å²) in [4.78, 5) is 33.1. The van der Waals surface area contributed by atoms with Crippen molar-refractivity contribution < 1.29 is 18.7 Å². The zero-order valence-corrected chi connectivity index (χ0v) is 19.1. The van der Waals surface area contributed by atoms with Crippen LogP contribution in [0.4, 0.5) is 0 Å². The van der Waals surface area contributed by atoms with Gasteiger partial charge >= 0.3 is 5.69 Å². The molecule has 3 aromatic carbocycles. The van der Waals surface area contributed by atoms with E-state index in [1.54, 1.807) is 82.0 Å². The number of ether oxygens (including phenoxy) is 3. The highest BCUT2D eigenvalue weighted by molar-refractivity contribution is 5.82. The third kappa shape index (κ3) is 4.01. The molecule has 0 atom stereocenters. The molecule has 5 aromatic rings. The van der Waals surface area contributed by atoms with E-state index < -0.39 is 11.2 Å². The number of nitrogens with zero attached hydrogens (tertiary/aromatic N) is 3. The molecule has 5 rings (SSSR count). The molecule has 0 saturated carbocycles. The smallest absolute Gasteiger partial charge is 0.333 e. The fourth-order valence-electron chi connectivity index (χ4n) is 3.71. The van der Waals surface area contributed by atoms with Gasteiger partial charge in [-0.05, 0) is 54.6 Å². The molecular formula is C25H20N4O6. The SMILES string of the molecule is COc1ccc(-n2c(=O)[nH]c3cc(-c4nc(-c5cc(OC)cc(OC)c5)no4)ccc3c2=O)cc1. The maximum absolute atomic E-state index is 13.1. The normalized spacial score (nSPS) is 10.9. The van der Waals surface area contributed by atoms with Gasteiger partial charge in [-0.15, -0.1) is 0 Å². The summed E-state index contributed by atoms with van der Waals surface area (Å²) in [6.45, 7) is 0. The van der Waals surface area contributed by atoms with Crippen LogP contribution in [0, 0.1) is 0 Å². The van der Waals surface area contributed by atoms with Crippen LogP contribution in [0.3, 0.4) is 0 Å². The number of hydrogen-bond donors (Lipinski definition) is 1. The lowest BCUT2D eigenvalue weighted by Gasteiger charge is -2.08. The van der Waals surface area contributed by atoms with Crippen LogP contribution in [0.15, 0.2) is 74.8 Å². The van der Waals surface area contributed by atoms with Crippen molar-refractivity contribution in [3.8, 4) is 45.8 Å². The van der Waals surface area contributed by atoms with Gasteiger partial charge in [-0.2, -0.15) is 4.98 Å². The lowest BCUT2D eigenvalue weighted by atomic mass is 10.1. The van der Waals surface area contributed by atoms with Crippen molar-refractivity contribution in [1.29, 1.82) is 0 Å². The van der Waals surface area contributed by atoms with Gasteiger partial charge in [0.05, 0.1) is 37.9 Å². The molecule has 1 N–H and O–H groups in total. The Morgan fingerprint density at radius 3 is 2.14 bits per heavy atom. The monoisotopic (exact) mass is 472 g/mol. The van der Waals surface area contributed by atoms with Crippen LogP contribution in [0.1, 0.15) is 0 Å². The van der Waals surface area contributed by atoms with Gasteiger partial charge in [-0.25, -0.2) is 9.36 Å². The number of aromatic amines is 1. The number of H-pyrrole nitrogens is 1. The van der Waals surface area contributed by atoms with Gasteiger partial charge in [0.2, 0.25) is 5.82 Å². The molecule has 2 heterocycles. The Morgan fingerprint density at radius 2 is 1.49 bits per heavy atom. The van der Waals surface area contributed by atoms with Gasteiger partial charge in [0.15, 0.2) is 0 Å². The van der Waals surface area contributed by atoms with Crippen molar-refractivity contribution in [2.24, 2.45) is 0 Å². The fourth-order valence-corrected chi connectivity index (χ4v) is 3.71. The minimum absolute atomic E-state index is 0.226. The van der Waals surface area contributed by atoms with E-state index in [1.165, 1.54) is 0 Å². The molecule has 0 aliphatic rings. The molecule has 35 heavy (non-hydrogen) atoms. The summed E-state index contributed by atoms with van der Waals surface area (Å²) in [5.74, 6) is 2.35. The molecule has 2 aromatic heterocycles. The van der Waals surface area contributed by atoms with Crippen molar-refractivity contribution in [2.45, 2.75) is 0 Å². The molecule has 0 aliphatic carbocycles. The number of benzene rings is 3. The first kappa shape index (κ1) is 22.0. The maximum Gasteiger partial charge on any atom is 0.333 e. The topological polar surface area (TPSA) is 121 Å². The summed E-state index contributed by atoms with van der Waals surface area (Å²) < 4.78 is 22.2. The van der Waals surface area contributed by atoms with Crippen LogP contribution in [0.25, 0.3) is 39.4 Å². The molecule has 0 aliphatic heterocycles. The lowest BCUT2D eigenvalue weighted by molar-refractivity contribution is 0.394. The Kier molecular flexibility index (Phi) is 5.54. The summed E-state index contributed by atoms with van der Waals surface area (Å²) in [5, 5.41) is 4.39. The quantitative estimate of drug-likeness (QED) is 0.399. The second-order valence-electron chi connectivity index (χ2n) is 7.55. The zero-order chi connectivity index (χ0) is 24.5. The molecule has 0 radical (unpaired) electrons. The molecule has 0 unspecified atom stereocenters. The molecule has 0 saturated heterocycles. The van der Waals surface area contributed by atoms with Gasteiger partial charge in [0, 0.05) is 17.2 Å². The highest BCUT2D eigenvalue weighted by atomic mass is 16.5. The van der Waals surface area contributed by atoms with Gasteiger partial charge in [-0.1, -0.05) is 5.16 Å². The Bertz CT molecular complexity index is 1630. The third-order valence-corrected chi connectivity index (χ3v) is 5.51. The van der Waals surface area contributed by atoms with Gasteiger partial charge in [0.25, 0.3) is 11.4 Å².